The molecular weight excluding hydrogens is 184 g/mol. The molecule has 1 aromatic rings. The van der Waals surface area contributed by atoms with E-state index in [2.05, 4.69) is 0 Å². The number of furan rings is 1. The van der Waals surface area contributed by atoms with Crippen LogP contribution in [0.3, 0.4) is 0 Å². The van der Waals surface area contributed by atoms with Gasteiger partial charge in [-0.3, -0.25) is 0 Å². The third-order valence-corrected chi connectivity index (χ3v) is 2.68. The molecule has 1 aliphatic carbocycles. The van der Waals surface area contributed by atoms with Gasteiger partial charge >= 0.3 is 5.97 Å². The average Bonchev–Trinajstić information content (AvgIpc) is 2.45. The summed E-state index contributed by atoms with van der Waals surface area (Å²) in [6.07, 6.45) is 1.70. The molecule has 14 heavy (non-hydrogen) atoms. The van der Waals surface area contributed by atoms with E-state index in [4.69, 9.17) is 9.52 Å². The van der Waals surface area contributed by atoms with Gasteiger partial charge in [-0.25, -0.2) is 4.79 Å². The summed E-state index contributed by atoms with van der Waals surface area (Å²) in [5.41, 5.74) is 1.26. The van der Waals surface area contributed by atoms with Gasteiger partial charge in [-0.1, -0.05) is 0 Å². The third-order valence-electron chi connectivity index (χ3n) is 2.68. The minimum absolute atomic E-state index is 0.0315. The number of aromatic carboxylic acids is 1. The van der Waals surface area contributed by atoms with E-state index >= 15 is 0 Å². The Balaban J connectivity index is 2.55. The van der Waals surface area contributed by atoms with Crippen LogP contribution in [0.25, 0.3) is 0 Å². The maximum atomic E-state index is 10.8. The molecule has 0 bridgehead atoms. The van der Waals surface area contributed by atoms with Crippen molar-refractivity contribution >= 4 is 5.97 Å². The first-order valence-corrected chi connectivity index (χ1v) is 4.64. The minimum Gasteiger partial charge on any atom is -0.475 e. The fourth-order valence-electron chi connectivity index (χ4n) is 2.01. The molecule has 2 rings (SSSR count). The van der Waals surface area contributed by atoms with Gasteiger partial charge in [0, 0.05) is 17.5 Å². The molecule has 0 aliphatic heterocycles. The zero-order valence-electron chi connectivity index (χ0n) is 7.91. The zero-order valence-corrected chi connectivity index (χ0v) is 7.91. The molecule has 4 nitrogen and oxygen atoms in total. The molecule has 1 aliphatic rings. The molecule has 1 heterocycles. The maximum Gasteiger partial charge on any atom is 0.372 e. The van der Waals surface area contributed by atoms with E-state index in [1.54, 1.807) is 6.92 Å². The number of aryl methyl sites for hydroxylation is 1. The Hall–Kier alpha value is -1.29. The lowest BCUT2D eigenvalue weighted by molar-refractivity contribution is 0.0658. The zero-order chi connectivity index (χ0) is 10.3. The molecule has 0 unspecified atom stereocenters. The summed E-state index contributed by atoms with van der Waals surface area (Å²) in [4.78, 5) is 10.8. The lowest BCUT2D eigenvalue weighted by atomic mass is 9.92. The second kappa shape index (κ2) is 3.13. The van der Waals surface area contributed by atoms with Gasteiger partial charge in [0.1, 0.15) is 5.76 Å². The quantitative estimate of drug-likeness (QED) is 0.716. The van der Waals surface area contributed by atoms with Crippen molar-refractivity contribution in [3.8, 4) is 0 Å². The average molecular weight is 196 g/mol. The lowest BCUT2D eigenvalue weighted by Crippen LogP contribution is -2.07. The summed E-state index contributed by atoms with van der Waals surface area (Å²) in [5.74, 6) is -0.460. The highest BCUT2D eigenvalue weighted by atomic mass is 16.4. The molecular formula is C10H12O4. The van der Waals surface area contributed by atoms with Gasteiger partial charge in [-0.05, 0) is 19.8 Å². The predicted octanol–water partition coefficient (Wildman–Crippen LogP) is 1.66. The molecule has 76 valence electrons. The van der Waals surface area contributed by atoms with Crippen LogP contribution in [0.1, 0.15) is 46.4 Å². The number of carboxylic acids is 1. The Morgan fingerprint density at radius 1 is 1.57 bits per heavy atom. The highest BCUT2D eigenvalue weighted by Gasteiger charge is 2.28. The first-order chi connectivity index (χ1) is 6.61. The van der Waals surface area contributed by atoms with Crippen LogP contribution in [0.2, 0.25) is 0 Å². The summed E-state index contributed by atoms with van der Waals surface area (Å²) < 4.78 is 5.21. The number of carbonyl (C=O) groups is 1. The summed E-state index contributed by atoms with van der Waals surface area (Å²) in [5, 5.41) is 18.5. The van der Waals surface area contributed by atoms with Crippen LogP contribution in [-0.2, 0) is 6.42 Å². The van der Waals surface area contributed by atoms with Gasteiger partial charge in [0.25, 0.3) is 0 Å². The molecule has 0 amide bonds. The van der Waals surface area contributed by atoms with Gasteiger partial charge in [-0.15, -0.1) is 0 Å². The van der Waals surface area contributed by atoms with Crippen molar-refractivity contribution in [1.29, 1.82) is 0 Å². The van der Waals surface area contributed by atoms with Crippen LogP contribution in [0, 0.1) is 6.92 Å². The number of hydrogen-bond acceptors (Lipinski definition) is 3. The molecule has 1 atom stereocenters. The molecule has 0 saturated heterocycles. The minimum atomic E-state index is -1.07. The van der Waals surface area contributed by atoms with Crippen LogP contribution in [0.15, 0.2) is 4.42 Å². The first-order valence-electron chi connectivity index (χ1n) is 4.64. The standard InChI is InChI=1S/C10H12O4/c1-5-8-6(11)3-2-4-7(8)14-9(5)10(12)13/h6,11H,2-4H2,1H3,(H,12,13)/t6-/m0/s1. The predicted molar refractivity (Wildman–Crippen MR) is 48.3 cm³/mol. The van der Waals surface area contributed by atoms with Crippen LogP contribution in [-0.4, -0.2) is 16.2 Å². The molecule has 2 N–H and O–H groups in total. The SMILES string of the molecule is Cc1c(C(=O)O)oc2c1[C@@H](O)CCC2. The van der Waals surface area contributed by atoms with E-state index in [0.29, 0.717) is 23.3 Å². The number of aliphatic hydroxyl groups excluding tert-OH is 1. The molecule has 0 fully saturated rings. The van der Waals surface area contributed by atoms with Crippen LogP contribution >= 0.6 is 0 Å². The van der Waals surface area contributed by atoms with Gasteiger partial charge in [0.2, 0.25) is 5.76 Å². The second-order valence-electron chi connectivity index (χ2n) is 3.61. The highest BCUT2D eigenvalue weighted by molar-refractivity contribution is 5.86. The normalized spacial score (nSPS) is 20.6. The van der Waals surface area contributed by atoms with E-state index in [1.165, 1.54) is 0 Å². The molecule has 0 spiro atoms. The van der Waals surface area contributed by atoms with Crippen molar-refractivity contribution in [3.63, 3.8) is 0 Å². The molecule has 0 aromatic carbocycles. The van der Waals surface area contributed by atoms with E-state index in [1.807, 2.05) is 0 Å². The van der Waals surface area contributed by atoms with Crippen molar-refractivity contribution in [2.45, 2.75) is 32.3 Å². The van der Waals surface area contributed by atoms with Gasteiger partial charge < -0.3 is 14.6 Å². The summed E-state index contributed by atoms with van der Waals surface area (Å²) in [6.45, 7) is 1.68. The smallest absolute Gasteiger partial charge is 0.372 e. The molecule has 0 saturated carbocycles. The monoisotopic (exact) mass is 196 g/mol. The third kappa shape index (κ3) is 1.23. The molecule has 0 radical (unpaired) electrons. The molecule has 4 heteroatoms. The highest BCUT2D eigenvalue weighted by Crippen LogP contribution is 2.35. The summed E-state index contributed by atoms with van der Waals surface area (Å²) in [7, 11) is 0. The van der Waals surface area contributed by atoms with Crippen molar-refractivity contribution in [1.82, 2.24) is 0 Å². The van der Waals surface area contributed by atoms with Crippen LogP contribution in [0.4, 0.5) is 0 Å². The second-order valence-corrected chi connectivity index (χ2v) is 3.61. The number of carboxylic acid groups (broad SMARTS) is 1. The fourth-order valence-corrected chi connectivity index (χ4v) is 2.01. The summed E-state index contributed by atoms with van der Waals surface area (Å²) >= 11 is 0. The van der Waals surface area contributed by atoms with Gasteiger partial charge in [0.05, 0.1) is 6.10 Å². The summed E-state index contributed by atoms with van der Waals surface area (Å²) in [6, 6.07) is 0. The van der Waals surface area contributed by atoms with E-state index < -0.39 is 12.1 Å². The largest absolute Gasteiger partial charge is 0.475 e. The Labute approximate surface area is 81.2 Å². The Morgan fingerprint density at radius 2 is 2.29 bits per heavy atom. The lowest BCUT2D eigenvalue weighted by Gasteiger charge is -2.16. The van der Waals surface area contributed by atoms with Crippen molar-refractivity contribution in [2.75, 3.05) is 0 Å². The number of aliphatic hydroxyl groups is 1. The Bertz CT molecular complexity index is 378. The number of rotatable bonds is 1. The van der Waals surface area contributed by atoms with Crippen molar-refractivity contribution in [3.05, 3.63) is 22.6 Å². The number of fused-ring (bicyclic) bond motifs is 1. The fraction of sp³-hybridized carbons (Fsp3) is 0.500. The number of hydrogen-bond donors (Lipinski definition) is 2. The van der Waals surface area contributed by atoms with E-state index in [-0.39, 0.29) is 5.76 Å². The maximum absolute atomic E-state index is 10.8. The Morgan fingerprint density at radius 3 is 2.86 bits per heavy atom. The molecule has 1 aromatic heterocycles. The van der Waals surface area contributed by atoms with Crippen molar-refractivity contribution < 1.29 is 19.4 Å². The van der Waals surface area contributed by atoms with Crippen LogP contribution < -0.4 is 0 Å². The van der Waals surface area contributed by atoms with E-state index in [0.717, 1.165) is 12.8 Å². The first kappa shape index (κ1) is 9.27. The van der Waals surface area contributed by atoms with Gasteiger partial charge in [-0.2, -0.15) is 0 Å². The van der Waals surface area contributed by atoms with Gasteiger partial charge in [0.15, 0.2) is 0 Å². The Kier molecular flexibility index (Phi) is 2.07. The van der Waals surface area contributed by atoms with Crippen LogP contribution in [0.5, 0.6) is 0 Å². The topological polar surface area (TPSA) is 70.7 Å². The van der Waals surface area contributed by atoms with E-state index in [9.17, 15) is 9.90 Å². The van der Waals surface area contributed by atoms with Crippen molar-refractivity contribution in [2.24, 2.45) is 0 Å².